The lowest BCUT2D eigenvalue weighted by molar-refractivity contribution is -0.168. The van der Waals surface area contributed by atoms with Gasteiger partial charge in [0, 0.05) is 5.56 Å². The Labute approximate surface area is 219 Å². The van der Waals surface area contributed by atoms with Gasteiger partial charge in [0.15, 0.2) is 0 Å². The Morgan fingerprint density at radius 1 is 1.00 bits per heavy atom. The molecule has 0 radical (unpaired) electrons. The molecule has 0 bridgehead atoms. The van der Waals surface area contributed by atoms with Crippen LogP contribution in [0.15, 0.2) is 36.4 Å². The Hall–Kier alpha value is -4.32. The van der Waals surface area contributed by atoms with E-state index < -0.39 is 41.3 Å². The Kier molecular flexibility index (Phi) is 11.4. The third-order valence-corrected chi connectivity index (χ3v) is 6.06. The highest BCUT2D eigenvalue weighted by molar-refractivity contribution is 6.02. The van der Waals surface area contributed by atoms with Crippen molar-refractivity contribution in [1.29, 1.82) is 0 Å². The summed E-state index contributed by atoms with van der Waals surface area (Å²) in [6, 6.07) is 7.52. The zero-order valence-corrected chi connectivity index (χ0v) is 21.2. The zero-order chi connectivity index (χ0) is 28.2. The Morgan fingerprint density at radius 2 is 1.71 bits per heavy atom. The number of carboxylic acids is 2. The number of nitrogens with one attached hydrogen (secondary N) is 2. The number of benzene rings is 1. The van der Waals surface area contributed by atoms with Gasteiger partial charge in [-0.05, 0) is 37.1 Å². The van der Waals surface area contributed by atoms with Gasteiger partial charge in [-0.25, -0.2) is 19.6 Å². The molecule has 2 aromatic rings. The zero-order valence-electron chi connectivity index (χ0n) is 21.2. The second kappa shape index (κ2) is 14.4. The van der Waals surface area contributed by atoms with E-state index in [4.69, 9.17) is 0 Å². The Balaban J connectivity index is 2.11. The molecular weight excluding hydrogens is 496 g/mol. The lowest BCUT2D eigenvalue weighted by atomic mass is 9.90. The minimum Gasteiger partial charge on any atom is -0.478 e. The van der Waals surface area contributed by atoms with E-state index in [2.05, 4.69) is 15.6 Å². The molecule has 0 fully saturated rings. The van der Waals surface area contributed by atoms with Gasteiger partial charge in [-0.1, -0.05) is 45.2 Å². The van der Waals surface area contributed by atoms with Gasteiger partial charge in [-0.2, -0.15) is 0 Å². The number of aromatic nitrogens is 1. The van der Waals surface area contributed by atoms with Gasteiger partial charge in [0.1, 0.15) is 5.69 Å². The molecule has 0 aliphatic rings. The van der Waals surface area contributed by atoms with Crippen LogP contribution in [0.3, 0.4) is 0 Å². The van der Waals surface area contributed by atoms with Crippen LogP contribution in [0.4, 0.5) is 0 Å². The van der Waals surface area contributed by atoms with Crippen LogP contribution in [0.25, 0.3) is 11.3 Å². The molecule has 204 valence electrons. The van der Waals surface area contributed by atoms with Crippen molar-refractivity contribution in [2.45, 2.75) is 52.0 Å². The number of hydroxylamine groups is 2. The van der Waals surface area contributed by atoms with E-state index >= 15 is 0 Å². The van der Waals surface area contributed by atoms with Gasteiger partial charge in [0.05, 0.1) is 35.4 Å². The SMILES string of the molecule is CCCCC[C@@H](C(=O)NCNC(=O)c1cccc(-c2ccc(C(=O)O)c(C(=O)O)c2)n1)[C@@H](CC)N(O)C=O. The van der Waals surface area contributed by atoms with Crippen molar-refractivity contribution in [2.75, 3.05) is 6.67 Å². The first-order valence-electron chi connectivity index (χ1n) is 12.2. The number of carboxylic acid groups (broad SMARTS) is 2. The third-order valence-electron chi connectivity index (χ3n) is 6.06. The summed E-state index contributed by atoms with van der Waals surface area (Å²) in [5.41, 5.74) is -0.241. The molecule has 0 aliphatic carbocycles. The second-order valence-corrected chi connectivity index (χ2v) is 8.57. The van der Waals surface area contributed by atoms with E-state index in [0.29, 0.717) is 23.5 Å². The number of pyridine rings is 1. The van der Waals surface area contributed by atoms with Gasteiger partial charge in [-0.15, -0.1) is 0 Å². The van der Waals surface area contributed by atoms with Crippen LogP contribution in [0, 0.1) is 5.92 Å². The predicted molar refractivity (Wildman–Crippen MR) is 135 cm³/mol. The first-order chi connectivity index (χ1) is 18.1. The maximum Gasteiger partial charge on any atom is 0.336 e. The van der Waals surface area contributed by atoms with Crippen molar-refractivity contribution in [1.82, 2.24) is 20.7 Å². The molecule has 0 aliphatic heterocycles. The minimum absolute atomic E-state index is 0.00986. The number of carbonyl (C=O) groups excluding carboxylic acids is 3. The Morgan fingerprint density at radius 3 is 2.32 bits per heavy atom. The number of nitrogens with zero attached hydrogens (tertiary/aromatic N) is 2. The highest BCUT2D eigenvalue weighted by Gasteiger charge is 2.30. The molecule has 0 unspecified atom stereocenters. The van der Waals surface area contributed by atoms with E-state index in [1.165, 1.54) is 24.3 Å². The van der Waals surface area contributed by atoms with Crippen LogP contribution in [-0.2, 0) is 9.59 Å². The molecule has 0 spiro atoms. The predicted octanol–water partition coefficient (Wildman–Crippen LogP) is 2.77. The standard InChI is InChI=1S/C26H32N4O8/c1-3-5-6-8-18(22(4-2)30(38)15-31)23(32)27-14-28-24(33)21-10-7-9-20(29-21)16-11-12-17(25(34)35)19(13-16)26(36)37/h7,9-13,15,18,22,38H,3-6,8,14H2,1-2H3,(H,27,32)(H,28,33)(H,34,35)(H,36,37)/t18-,22-/m1/s1. The van der Waals surface area contributed by atoms with Crippen molar-refractivity contribution in [2.24, 2.45) is 5.92 Å². The molecule has 2 atom stereocenters. The summed E-state index contributed by atoms with van der Waals surface area (Å²) in [5.74, 6) is -4.50. The van der Waals surface area contributed by atoms with Gasteiger partial charge in [0.25, 0.3) is 5.91 Å². The van der Waals surface area contributed by atoms with Crippen molar-refractivity contribution in [3.05, 3.63) is 53.2 Å². The van der Waals surface area contributed by atoms with E-state index in [1.807, 2.05) is 6.92 Å². The third kappa shape index (κ3) is 7.84. The maximum absolute atomic E-state index is 12.9. The molecule has 1 heterocycles. The molecule has 12 heteroatoms. The van der Waals surface area contributed by atoms with Crippen LogP contribution in [0.2, 0.25) is 0 Å². The number of unbranched alkanes of at least 4 members (excludes halogenated alkanes) is 2. The van der Waals surface area contributed by atoms with Gasteiger partial charge in [0.2, 0.25) is 12.3 Å². The molecule has 2 rings (SSSR count). The molecule has 38 heavy (non-hydrogen) atoms. The molecule has 1 aromatic carbocycles. The highest BCUT2D eigenvalue weighted by atomic mass is 16.5. The van der Waals surface area contributed by atoms with Gasteiger partial charge < -0.3 is 20.8 Å². The summed E-state index contributed by atoms with van der Waals surface area (Å²) < 4.78 is 0. The lowest BCUT2D eigenvalue weighted by Crippen LogP contribution is -2.47. The van der Waals surface area contributed by atoms with Crippen molar-refractivity contribution in [3.63, 3.8) is 0 Å². The average molecular weight is 529 g/mol. The fourth-order valence-corrected chi connectivity index (χ4v) is 4.07. The summed E-state index contributed by atoms with van der Waals surface area (Å²) in [4.78, 5) is 63.6. The molecule has 5 N–H and O–H groups in total. The fraction of sp³-hybridized carbons (Fsp3) is 0.385. The van der Waals surface area contributed by atoms with E-state index in [1.54, 1.807) is 13.0 Å². The number of carbonyl (C=O) groups is 5. The molecule has 1 aromatic heterocycles. The number of amides is 3. The Bertz CT molecular complexity index is 1170. The van der Waals surface area contributed by atoms with Gasteiger partial charge in [-0.3, -0.25) is 19.6 Å². The summed E-state index contributed by atoms with van der Waals surface area (Å²) >= 11 is 0. The monoisotopic (exact) mass is 528 g/mol. The van der Waals surface area contributed by atoms with Crippen LogP contribution < -0.4 is 10.6 Å². The van der Waals surface area contributed by atoms with E-state index in [-0.39, 0.29) is 30.0 Å². The van der Waals surface area contributed by atoms with Crippen molar-refractivity contribution in [3.8, 4) is 11.3 Å². The summed E-state index contributed by atoms with van der Waals surface area (Å²) in [7, 11) is 0. The highest BCUT2D eigenvalue weighted by Crippen LogP contribution is 2.22. The summed E-state index contributed by atoms with van der Waals surface area (Å²) in [6.45, 7) is 3.55. The fourth-order valence-electron chi connectivity index (χ4n) is 4.07. The number of hydrogen-bond acceptors (Lipinski definition) is 7. The average Bonchev–Trinajstić information content (AvgIpc) is 2.91. The molecule has 0 saturated heterocycles. The number of aromatic carboxylic acids is 2. The molecular formula is C26H32N4O8. The van der Waals surface area contributed by atoms with Crippen molar-refractivity contribution >= 4 is 30.2 Å². The van der Waals surface area contributed by atoms with Crippen LogP contribution in [0.1, 0.15) is 77.2 Å². The number of rotatable bonds is 15. The minimum atomic E-state index is -1.41. The quantitative estimate of drug-likeness (QED) is 0.0761. The second-order valence-electron chi connectivity index (χ2n) is 8.57. The number of hydrogen-bond donors (Lipinski definition) is 5. The molecule has 3 amide bonds. The smallest absolute Gasteiger partial charge is 0.336 e. The van der Waals surface area contributed by atoms with Crippen molar-refractivity contribution < 1.29 is 39.4 Å². The largest absolute Gasteiger partial charge is 0.478 e. The lowest BCUT2D eigenvalue weighted by Gasteiger charge is -2.29. The van der Waals surface area contributed by atoms with Crippen LogP contribution in [-0.4, -0.2) is 68.3 Å². The van der Waals surface area contributed by atoms with Crippen LogP contribution >= 0.6 is 0 Å². The van der Waals surface area contributed by atoms with Gasteiger partial charge >= 0.3 is 11.9 Å². The normalized spacial score (nSPS) is 12.2. The first-order valence-corrected chi connectivity index (χ1v) is 12.2. The summed E-state index contributed by atoms with van der Waals surface area (Å²) in [5, 5.41) is 34.1. The molecule has 0 saturated carbocycles. The van der Waals surface area contributed by atoms with E-state index in [9.17, 15) is 39.4 Å². The first kappa shape index (κ1) is 29.9. The van der Waals surface area contributed by atoms with E-state index in [0.717, 1.165) is 25.3 Å². The maximum atomic E-state index is 12.9. The van der Waals surface area contributed by atoms with Crippen LogP contribution in [0.5, 0.6) is 0 Å². The molecule has 12 nitrogen and oxygen atoms in total. The topological polar surface area (TPSA) is 186 Å². The summed E-state index contributed by atoms with van der Waals surface area (Å²) in [6.07, 6.45) is 3.64.